The molecule has 0 saturated heterocycles. The Morgan fingerprint density at radius 2 is 2.05 bits per heavy atom. The van der Waals surface area contributed by atoms with Crippen molar-refractivity contribution in [1.82, 2.24) is 4.98 Å². The van der Waals surface area contributed by atoms with Gasteiger partial charge in [-0.15, -0.1) is 0 Å². The van der Waals surface area contributed by atoms with Crippen molar-refractivity contribution in [2.45, 2.75) is 25.2 Å². The highest BCUT2D eigenvalue weighted by molar-refractivity contribution is 9.11. The van der Waals surface area contributed by atoms with Gasteiger partial charge in [0.1, 0.15) is 0 Å². The van der Waals surface area contributed by atoms with Gasteiger partial charge in [-0.05, 0) is 41.3 Å². The largest absolute Gasteiger partial charge is 0.301 e. The Morgan fingerprint density at radius 3 is 2.58 bits per heavy atom. The summed E-state index contributed by atoms with van der Waals surface area (Å²) >= 11 is 4.88. The minimum absolute atomic E-state index is 0.0555. The lowest BCUT2D eigenvalue weighted by molar-refractivity contribution is -0.118. The van der Waals surface area contributed by atoms with Gasteiger partial charge in [0.25, 0.3) is 0 Å². The summed E-state index contributed by atoms with van der Waals surface area (Å²) in [5, 5.41) is 3.61. The zero-order chi connectivity index (χ0) is 13.5. The Labute approximate surface area is 124 Å². The van der Waals surface area contributed by atoms with E-state index in [-0.39, 0.29) is 11.3 Å². The fraction of sp³-hybridized carbons (Fsp3) is 0.286. The first-order valence-electron chi connectivity index (χ1n) is 6.12. The molecule has 0 bridgehead atoms. The molecule has 0 spiro atoms. The third-order valence-electron chi connectivity index (χ3n) is 3.47. The molecule has 1 heterocycles. The molecule has 1 saturated carbocycles. The van der Waals surface area contributed by atoms with E-state index in [0.717, 1.165) is 27.9 Å². The van der Waals surface area contributed by atoms with Crippen LogP contribution in [-0.4, -0.2) is 10.9 Å². The lowest BCUT2D eigenvalue weighted by atomic mass is 9.95. The second kappa shape index (κ2) is 4.72. The van der Waals surface area contributed by atoms with Crippen LogP contribution in [0.1, 0.15) is 24.1 Å². The predicted molar refractivity (Wildman–Crippen MR) is 80.5 cm³/mol. The van der Waals surface area contributed by atoms with Gasteiger partial charge in [0.2, 0.25) is 5.91 Å². The number of rotatable bonds is 3. The Hall–Kier alpha value is -1.20. The molecular formula is C14H13BrN2OS. The number of hydrogen-bond donors (Lipinski definition) is 1. The number of nitrogens with zero attached hydrogens (tertiary/aromatic N) is 1. The number of halogens is 1. The topological polar surface area (TPSA) is 42.0 Å². The predicted octanol–water partition coefficient (Wildman–Crippen LogP) is 3.88. The van der Waals surface area contributed by atoms with E-state index in [9.17, 15) is 4.79 Å². The molecule has 1 fully saturated rings. The minimum Gasteiger partial charge on any atom is -0.301 e. The zero-order valence-electron chi connectivity index (χ0n) is 10.4. The van der Waals surface area contributed by atoms with Gasteiger partial charge < -0.3 is 5.32 Å². The maximum absolute atomic E-state index is 12.5. The van der Waals surface area contributed by atoms with Gasteiger partial charge in [-0.1, -0.05) is 41.7 Å². The van der Waals surface area contributed by atoms with Crippen molar-refractivity contribution in [3.63, 3.8) is 0 Å². The van der Waals surface area contributed by atoms with E-state index in [1.165, 1.54) is 11.3 Å². The molecule has 1 N–H and O–H groups in total. The minimum atomic E-state index is -0.340. The van der Waals surface area contributed by atoms with E-state index in [4.69, 9.17) is 0 Å². The van der Waals surface area contributed by atoms with Gasteiger partial charge in [0, 0.05) is 0 Å². The van der Waals surface area contributed by atoms with Crippen LogP contribution in [0.5, 0.6) is 0 Å². The quantitative estimate of drug-likeness (QED) is 0.923. The Bertz CT molecular complexity index is 600. The average Bonchev–Trinajstić information content (AvgIpc) is 3.15. The molecule has 3 nitrogen and oxygen atoms in total. The Balaban J connectivity index is 1.81. The van der Waals surface area contributed by atoms with Gasteiger partial charge >= 0.3 is 0 Å². The van der Waals surface area contributed by atoms with Crippen molar-refractivity contribution < 1.29 is 4.79 Å². The summed E-state index contributed by atoms with van der Waals surface area (Å²) in [5.74, 6) is 0.0555. The van der Waals surface area contributed by atoms with E-state index >= 15 is 0 Å². The maximum atomic E-state index is 12.5. The van der Waals surface area contributed by atoms with Gasteiger partial charge in [0.15, 0.2) is 5.13 Å². The first-order chi connectivity index (χ1) is 9.12. The monoisotopic (exact) mass is 336 g/mol. The van der Waals surface area contributed by atoms with Crippen LogP contribution in [0, 0.1) is 6.92 Å². The van der Waals surface area contributed by atoms with Crippen LogP contribution in [0.2, 0.25) is 0 Å². The summed E-state index contributed by atoms with van der Waals surface area (Å²) in [7, 11) is 0. The molecule has 2 aromatic rings. The highest BCUT2D eigenvalue weighted by atomic mass is 79.9. The van der Waals surface area contributed by atoms with E-state index in [0.29, 0.717) is 5.13 Å². The first kappa shape index (κ1) is 12.8. The average molecular weight is 337 g/mol. The smallest absolute Gasteiger partial charge is 0.236 e. The van der Waals surface area contributed by atoms with Crippen LogP contribution in [-0.2, 0) is 10.2 Å². The van der Waals surface area contributed by atoms with E-state index in [1.807, 2.05) is 37.3 Å². The van der Waals surface area contributed by atoms with Crippen LogP contribution in [0.3, 0.4) is 0 Å². The molecule has 19 heavy (non-hydrogen) atoms. The summed E-state index contributed by atoms with van der Waals surface area (Å²) in [6.07, 6.45) is 1.82. The normalized spacial score (nSPS) is 16.1. The van der Waals surface area contributed by atoms with Crippen molar-refractivity contribution in [1.29, 1.82) is 0 Å². The van der Waals surface area contributed by atoms with Gasteiger partial charge in [-0.3, -0.25) is 4.79 Å². The number of aromatic nitrogens is 1. The number of hydrogen-bond acceptors (Lipinski definition) is 3. The zero-order valence-corrected chi connectivity index (χ0v) is 12.8. The van der Waals surface area contributed by atoms with Crippen LogP contribution < -0.4 is 5.32 Å². The van der Waals surface area contributed by atoms with E-state index < -0.39 is 0 Å². The Morgan fingerprint density at radius 1 is 1.37 bits per heavy atom. The molecule has 0 aliphatic heterocycles. The number of benzene rings is 1. The fourth-order valence-electron chi connectivity index (χ4n) is 2.18. The molecule has 3 rings (SSSR count). The highest BCUT2D eigenvalue weighted by Gasteiger charge is 2.51. The number of nitrogens with one attached hydrogen (secondary N) is 1. The van der Waals surface area contributed by atoms with Crippen molar-refractivity contribution in [2.75, 3.05) is 5.32 Å². The summed E-state index contributed by atoms with van der Waals surface area (Å²) in [6.45, 7) is 1.92. The van der Waals surface area contributed by atoms with Crippen molar-refractivity contribution >= 4 is 38.3 Å². The number of aryl methyl sites for hydroxylation is 1. The van der Waals surface area contributed by atoms with Crippen LogP contribution in [0.4, 0.5) is 5.13 Å². The van der Waals surface area contributed by atoms with Gasteiger partial charge in [-0.2, -0.15) is 0 Å². The molecule has 0 radical (unpaired) electrons. The molecule has 98 valence electrons. The van der Waals surface area contributed by atoms with Crippen LogP contribution in [0.25, 0.3) is 0 Å². The molecule has 1 amide bonds. The summed E-state index contributed by atoms with van der Waals surface area (Å²) < 4.78 is 0.965. The van der Waals surface area contributed by atoms with Crippen molar-refractivity contribution in [3.8, 4) is 0 Å². The summed E-state index contributed by atoms with van der Waals surface area (Å²) in [6, 6.07) is 9.98. The SMILES string of the molecule is Cc1nc(NC(=O)C2(c3ccccc3)CC2)sc1Br. The lowest BCUT2D eigenvalue weighted by Gasteiger charge is -2.14. The number of amides is 1. The second-order valence-electron chi connectivity index (χ2n) is 4.78. The number of anilines is 1. The summed E-state index contributed by atoms with van der Waals surface area (Å²) in [4.78, 5) is 16.8. The maximum Gasteiger partial charge on any atom is 0.236 e. The summed E-state index contributed by atoms with van der Waals surface area (Å²) in [5.41, 5.74) is 1.66. The van der Waals surface area contributed by atoms with Gasteiger partial charge in [0.05, 0.1) is 14.9 Å². The molecule has 0 unspecified atom stereocenters. The third kappa shape index (κ3) is 2.32. The third-order valence-corrected chi connectivity index (χ3v) is 5.39. The van der Waals surface area contributed by atoms with Crippen LogP contribution >= 0.6 is 27.3 Å². The molecule has 0 atom stereocenters. The molecule has 1 aromatic carbocycles. The number of thiazole rings is 1. The lowest BCUT2D eigenvalue weighted by Crippen LogP contribution is -2.27. The van der Waals surface area contributed by atoms with Crippen molar-refractivity contribution in [2.24, 2.45) is 0 Å². The number of carbonyl (C=O) groups is 1. The first-order valence-corrected chi connectivity index (χ1v) is 7.73. The molecule has 1 aromatic heterocycles. The van der Waals surface area contributed by atoms with Crippen LogP contribution in [0.15, 0.2) is 34.1 Å². The van der Waals surface area contributed by atoms with Crippen molar-refractivity contribution in [3.05, 3.63) is 45.4 Å². The van der Waals surface area contributed by atoms with E-state index in [2.05, 4.69) is 26.2 Å². The highest BCUT2D eigenvalue weighted by Crippen LogP contribution is 2.49. The molecule has 1 aliphatic rings. The molecule has 5 heteroatoms. The van der Waals surface area contributed by atoms with Gasteiger partial charge in [-0.25, -0.2) is 4.98 Å². The fourth-order valence-corrected chi connectivity index (χ4v) is 3.42. The number of carbonyl (C=O) groups excluding carboxylic acids is 1. The van der Waals surface area contributed by atoms with E-state index in [1.54, 1.807) is 0 Å². The molecular weight excluding hydrogens is 324 g/mol. The second-order valence-corrected chi connectivity index (χ2v) is 7.10. The Kier molecular flexibility index (Phi) is 3.19. The molecule has 1 aliphatic carbocycles. The standard InChI is InChI=1S/C14H13BrN2OS/c1-9-11(15)19-13(16-9)17-12(18)14(7-8-14)10-5-3-2-4-6-10/h2-6H,7-8H2,1H3,(H,16,17,18).